The second kappa shape index (κ2) is 4.37. The second-order valence-electron chi connectivity index (χ2n) is 5.19. The Labute approximate surface area is 121 Å². The molecular formula is C15H16INO. The lowest BCUT2D eigenvalue weighted by molar-refractivity contribution is -0.119. The Kier molecular flexibility index (Phi) is 2.96. The van der Waals surface area contributed by atoms with Crippen LogP contribution in [-0.2, 0) is 4.79 Å². The van der Waals surface area contributed by atoms with Crippen LogP contribution >= 0.6 is 22.6 Å². The Balaban J connectivity index is 2.08. The van der Waals surface area contributed by atoms with Crippen molar-refractivity contribution in [3.63, 3.8) is 0 Å². The largest absolute Gasteiger partial charge is 0.330 e. The molecule has 0 aromatic heterocycles. The molecule has 0 bridgehead atoms. The van der Waals surface area contributed by atoms with E-state index in [1.807, 2.05) is 31.4 Å². The van der Waals surface area contributed by atoms with Crippen LogP contribution in [0.1, 0.15) is 32.6 Å². The summed E-state index contributed by atoms with van der Waals surface area (Å²) in [6.45, 7) is 2.00. The molecule has 1 atom stereocenters. The van der Waals surface area contributed by atoms with E-state index in [1.165, 1.54) is 18.4 Å². The first kappa shape index (κ1) is 12.2. The summed E-state index contributed by atoms with van der Waals surface area (Å²) in [5.74, 6) is 0.227. The lowest BCUT2D eigenvalue weighted by Crippen LogP contribution is -2.43. The molecule has 2 heterocycles. The van der Waals surface area contributed by atoms with Crippen molar-refractivity contribution in [2.45, 2.75) is 38.1 Å². The molecular weight excluding hydrogens is 337 g/mol. The van der Waals surface area contributed by atoms with Gasteiger partial charge in [-0.15, -0.1) is 0 Å². The lowest BCUT2D eigenvalue weighted by atomic mass is 9.94. The third-order valence-corrected chi connectivity index (χ3v) is 4.97. The molecule has 94 valence electrons. The minimum atomic E-state index is -0.501. The summed E-state index contributed by atoms with van der Waals surface area (Å²) in [5.41, 5.74) is 1.99. The Morgan fingerprint density at radius 2 is 2.17 bits per heavy atom. The third kappa shape index (κ3) is 1.63. The number of nitrogens with zero attached hydrogens (tertiary/aromatic N) is 1. The van der Waals surface area contributed by atoms with Gasteiger partial charge in [0.15, 0.2) is 0 Å². The van der Waals surface area contributed by atoms with Crippen molar-refractivity contribution in [2.75, 3.05) is 0 Å². The number of carbonyl (C=O) groups excluding carboxylic acids is 1. The molecule has 0 aromatic carbocycles. The summed E-state index contributed by atoms with van der Waals surface area (Å²) in [6.07, 6.45) is 15.1. The van der Waals surface area contributed by atoms with Crippen LogP contribution in [0.3, 0.4) is 0 Å². The quantitative estimate of drug-likeness (QED) is 0.668. The molecule has 0 aromatic rings. The van der Waals surface area contributed by atoms with Crippen molar-refractivity contribution in [1.29, 1.82) is 0 Å². The molecule has 0 amide bonds. The highest BCUT2D eigenvalue weighted by atomic mass is 127. The molecule has 0 spiro atoms. The zero-order valence-electron chi connectivity index (χ0n) is 10.4. The Bertz CT molecular complexity index is 527. The van der Waals surface area contributed by atoms with Gasteiger partial charge in [0.1, 0.15) is 5.54 Å². The van der Waals surface area contributed by atoms with E-state index in [-0.39, 0.29) is 5.78 Å². The number of hydrogen-bond donors (Lipinski definition) is 0. The molecule has 2 aliphatic heterocycles. The van der Waals surface area contributed by atoms with E-state index in [9.17, 15) is 4.79 Å². The van der Waals surface area contributed by atoms with Gasteiger partial charge in [-0.1, -0.05) is 18.2 Å². The zero-order valence-corrected chi connectivity index (χ0v) is 12.6. The maximum Gasteiger partial charge on any atom is 0.200 e. The number of fused-ring (bicyclic) bond motifs is 1. The summed E-state index contributed by atoms with van der Waals surface area (Å²) < 4.78 is 0.888. The van der Waals surface area contributed by atoms with Gasteiger partial charge in [0.2, 0.25) is 5.78 Å². The molecule has 3 rings (SSSR count). The molecule has 18 heavy (non-hydrogen) atoms. The fourth-order valence-electron chi connectivity index (χ4n) is 2.89. The van der Waals surface area contributed by atoms with Gasteiger partial charge in [0.05, 0.1) is 9.28 Å². The Morgan fingerprint density at radius 3 is 2.89 bits per heavy atom. The first-order valence-corrected chi connectivity index (χ1v) is 7.52. The molecule has 0 fully saturated rings. The van der Waals surface area contributed by atoms with Gasteiger partial charge >= 0.3 is 0 Å². The van der Waals surface area contributed by atoms with Crippen molar-refractivity contribution >= 4 is 28.4 Å². The number of halogens is 1. The molecule has 3 heteroatoms. The fraction of sp³-hybridized carbons (Fsp3) is 0.400. The number of rotatable bonds is 1. The van der Waals surface area contributed by atoms with Crippen LogP contribution in [0.4, 0.5) is 0 Å². The van der Waals surface area contributed by atoms with Gasteiger partial charge in [0.25, 0.3) is 0 Å². The first-order valence-electron chi connectivity index (χ1n) is 6.44. The standard InChI is InChI=1S/C15H16INO/c1-15-9-5-6-10-17(15)13(12(16)14(15)18)11-7-3-2-4-8-11/h5-7,9-10H,2-4,8H2,1H3. The zero-order chi connectivity index (χ0) is 12.8. The number of hydrogen-bond acceptors (Lipinski definition) is 2. The maximum atomic E-state index is 12.5. The van der Waals surface area contributed by atoms with Crippen LogP contribution in [0.15, 0.2) is 45.4 Å². The van der Waals surface area contributed by atoms with Crippen LogP contribution in [0.5, 0.6) is 0 Å². The van der Waals surface area contributed by atoms with Crippen LogP contribution in [-0.4, -0.2) is 16.2 Å². The summed E-state index contributed by atoms with van der Waals surface area (Å²) in [7, 11) is 0. The van der Waals surface area contributed by atoms with E-state index in [2.05, 4.69) is 33.6 Å². The Hall–Kier alpha value is -0.840. The molecule has 0 saturated heterocycles. The number of allylic oxidation sites excluding steroid dienone is 4. The topological polar surface area (TPSA) is 20.3 Å². The van der Waals surface area contributed by atoms with Gasteiger partial charge in [-0.2, -0.15) is 0 Å². The fourth-order valence-corrected chi connectivity index (χ4v) is 4.04. The van der Waals surface area contributed by atoms with E-state index < -0.39 is 5.54 Å². The van der Waals surface area contributed by atoms with Crippen molar-refractivity contribution in [2.24, 2.45) is 0 Å². The van der Waals surface area contributed by atoms with Crippen LogP contribution < -0.4 is 0 Å². The molecule has 0 N–H and O–H groups in total. The van der Waals surface area contributed by atoms with E-state index in [0.29, 0.717) is 0 Å². The van der Waals surface area contributed by atoms with E-state index >= 15 is 0 Å². The van der Waals surface area contributed by atoms with Gasteiger partial charge < -0.3 is 4.90 Å². The smallest absolute Gasteiger partial charge is 0.200 e. The van der Waals surface area contributed by atoms with Crippen molar-refractivity contribution < 1.29 is 4.79 Å². The maximum absolute atomic E-state index is 12.5. The van der Waals surface area contributed by atoms with Crippen LogP contribution in [0.25, 0.3) is 0 Å². The molecule has 2 nitrogen and oxygen atoms in total. The summed E-state index contributed by atoms with van der Waals surface area (Å²) in [5, 5.41) is 0. The first-order chi connectivity index (χ1) is 8.64. The molecule has 0 saturated carbocycles. The number of Topliss-reactive ketones (excluding diaryl/α,β-unsaturated/α-hetero) is 1. The van der Waals surface area contributed by atoms with Crippen LogP contribution in [0.2, 0.25) is 0 Å². The van der Waals surface area contributed by atoms with Gasteiger partial charge in [-0.05, 0) is 66.8 Å². The predicted octanol–water partition coefficient (Wildman–Crippen LogP) is 3.86. The third-order valence-electron chi connectivity index (χ3n) is 3.97. The van der Waals surface area contributed by atoms with Gasteiger partial charge in [0, 0.05) is 6.20 Å². The Morgan fingerprint density at radius 1 is 1.33 bits per heavy atom. The highest BCUT2D eigenvalue weighted by molar-refractivity contribution is 14.1. The summed E-state index contributed by atoms with van der Waals surface area (Å²) >= 11 is 2.22. The SMILES string of the molecule is CC12C=CC=CN1C(C1=CCCCC1)=C(I)C2=O. The van der Waals surface area contributed by atoms with Gasteiger partial charge in [-0.25, -0.2) is 0 Å². The lowest BCUT2D eigenvalue weighted by Gasteiger charge is -2.35. The van der Waals surface area contributed by atoms with Crippen molar-refractivity contribution in [3.05, 3.63) is 45.4 Å². The van der Waals surface area contributed by atoms with Crippen LogP contribution in [0, 0.1) is 0 Å². The highest BCUT2D eigenvalue weighted by Gasteiger charge is 2.47. The van der Waals surface area contributed by atoms with Crippen molar-refractivity contribution in [3.8, 4) is 0 Å². The monoisotopic (exact) mass is 353 g/mol. The minimum absolute atomic E-state index is 0.227. The highest BCUT2D eigenvalue weighted by Crippen LogP contribution is 2.44. The van der Waals surface area contributed by atoms with Crippen molar-refractivity contribution in [1.82, 2.24) is 4.90 Å². The molecule has 3 aliphatic rings. The molecule has 1 unspecified atom stereocenters. The normalized spacial score (nSPS) is 30.9. The van der Waals surface area contributed by atoms with E-state index in [4.69, 9.17) is 0 Å². The minimum Gasteiger partial charge on any atom is -0.330 e. The number of carbonyl (C=O) groups is 1. The summed E-state index contributed by atoms with van der Waals surface area (Å²) in [6, 6.07) is 0. The molecule has 1 aliphatic carbocycles. The molecule has 0 radical (unpaired) electrons. The van der Waals surface area contributed by atoms with Gasteiger partial charge in [-0.3, -0.25) is 4.79 Å². The summed E-state index contributed by atoms with van der Waals surface area (Å²) in [4.78, 5) is 14.6. The number of ketones is 1. The second-order valence-corrected chi connectivity index (χ2v) is 6.26. The van der Waals surface area contributed by atoms with E-state index in [0.717, 1.165) is 22.1 Å². The predicted molar refractivity (Wildman–Crippen MR) is 81.1 cm³/mol. The average Bonchev–Trinajstić information content (AvgIpc) is 2.60. The van der Waals surface area contributed by atoms with E-state index in [1.54, 1.807) is 0 Å². The average molecular weight is 353 g/mol.